The fourth-order valence-electron chi connectivity index (χ4n) is 2.65. The Hall–Kier alpha value is -2.73. The van der Waals surface area contributed by atoms with Crippen LogP contribution in [0.4, 0.5) is 4.79 Å². The first-order valence-electron chi connectivity index (χ1n) is 8.57. The van der Waals surface area contributed by atoms with Crippen LogP contribution in [0.15, 0.2) is 47.4 Å². The van der Waals surface area contributed by atoms with E-state index in [0.717, 1.165) is 40.0 Å². The van der Waals surface area contributed by atoms with Crippen LogP contribution in [0, 0.1) is 13.8 Å². The summed E-state index contributed by atoms with van der Waals surface area (Å²) in [5.41, 5.74) is 2.96. The van der Waals surface area contributed by atoms with Crippen LogP contribution in [-0.2, 0) is 4.79 Å². The Labute approximate surface area is 163 Å². The molecule has 0 bridgehead atoms. The molecule has 27 heavy (non-hydrogen) atoms. The van der Waals surface area contributed by atoms with Crippen LogP contribution >= 0.6 is 11.8 Å². The molecule has 0 N–H and O–H groups in total. The molecule has 140 valence electrons. The third-order valence-corrected chi connectivity index (χ3v) is 5.11. The summed E-state index contributed by atoms with van der Waals surface area (Å²) < 4.78 is 10.9. The first kappa shape index (κ1) is 19.0. The Balaban J connectivity index is 1.63. The van der Waals surface area contributed by atoms with Crippen LogP contribution in [0.1, 0.15) is 16.7 Å². The smallest absolute Gasteiger partial charge is 0.293 e. The highest BCUT2D eigenvalue weighted by atomic mass is 32.2. The van der Waals surface area contributed by atoms with E-state index in [0.29, 0.717) is 4.91 Å². The fraction of sp³-hybridized carbons (Fsp3) is 0.238. The van der Waals surface area contributed by atoms with Gasteiger partial charge in [0.15, 0.2) is 0 Å². The average molecular weight is 383 g/mol. The third-order valence-electron chi connectivity index (χ3n) is 4.20. The Bertz CT molecular complexity index is 890. The Morgan fingerprint density at radius 1 is 1.07 bits per heavy atom. The highest BCUT2D eigenvalue weighted by Gasteiger charge is 2.34. The van der Waals surface area contributed by atoms with Crippen molar-refractivity contribution in [1.29, 1.82) is 0 Å². The summed E-state index contributed by atoms with van der Waals surface area (Å²) in [5, 5.41) is -0.274. The minimum Gasteiger partial charge on any atom is -0.497 e. The summed E-state index contributed by atoms with van der Waals surface area (Å²) in [4.78, 5) is 26.4. The molecule has 0 spiro atoms. The average Bonchev–Trinajstić information content (AvgIpc) is 2.92. The van der Waals surface area contributed by atoms with Crippen molar-refractivity contribution in [2.75, 3.05) is 20.3 Å². The second-order valence-corrected chi connectivity index (χ2v) is 7.22. The first-order valence-corrected chi connectivity index (χ1v) is 9.39. The van der Waals surface area contributed by atoms with Crippen LogP contribution in [-0.4, -0.2) is 36.3 Å². The number of benzene rings is 2. The van der Waals surface area contributed by atoms with Gasteiger partial charge in [-0.15, -0.1) is 0 Å². The zero-order valence-electron chi connectivity index (χ0n) is 15.5. The molecule has 3 rings (SSSR count). The predicted molar refractivity (Wildman–Crippen MR) is 107 cm³/mol. The summed E-state index contributed by atoms with van der Waals surface area (Å²) in [6, 6.07) is 13.3. The van der Waals surface area contributed by atoms with E-state index in [2.05, 4.69) is 0 Å². The van der Waals surface area contributed by atoms with Crippen molar-refractivity contribution in [2.24, 2.45) is 0 Å². The molecule has 5 nitrogen and oxygen atoms in total. The molecule has 1 aliphatic heterocycles. The molecular formula is C21H21NO4S. The molecule has 1 fully saturated rings. The van der Waals surface area contributed by atoms with Crippen molar-refractivity contribution in [3.05, 3.63) is 64.1 Å². The minimum atomic E-state index is -0.287. The number of imide groups is 1. The number of ether oxygens (including phenoxy) is 2. The topological polar surface area (TPSA) is 55.8 Å². The Morgan fingerprint density at radius 2 is 1.81 bits per heavy atom. The molecule has 6 heteroatoms. The fourth-order valence-corrected chi connectivity index (χ4v) is 3.52. The van der Waals surface area contributed by atoms with Gasteiger partial charge in [0.05, 0.1) is 18.6 Å². The van der Waals surface area contributed by atoms with Crippen LogP contribution in [0.25, 0.3) is 6.08 Å². The van der Waals surface area contributed by atoms with Crippen LogP contribution in [0.2, 0.25) is 0 Å². The molecular weight excluding hydrogens is 362 g/mol. The highest BCUT2D eigenvalue weighted by Crippen LogP contribution is 2.32. The van der Waals surface area contributed by atoms with Gasteiger partial charge in [-0.3, -0.25) is 14.5 Å². The molecule has 2 aromatic rings. The largest absolute Gasteiger partial charge is 0.497 e. The predicted octanol–water partition coefficient (Wildman–Crippen LogP) is 4.43. The summed E-state index contributed by atoms with van der Waals surface area (Å²) in [6.45, 7) is 4.44. The quantitative estimate of drug-likeness (QED) is 0.691. The number of carbonyl (C=O) groups is 2. The van der Waals surface area contributed by atoms with Crippen LogP contribution < -0.4 is 9.47 Å². The van der Waals surface area contributed by atoms with Crippen molar-refractivity contribution in [3.8, 4) is 11.5 Å². The van der Waals surface area contributed by atoms with Gasteiger partial charge in [-0.05, 0) is 66.6 Å². The number of aryl methyl sites for hydroxylation is 2. The lowest BCUT2D eigenvalue weighted by Crippen LogP contribution is -2.32. The van der Waals surface area contributed by atoms with E-state index < -0.39 is 0 Å². The molecule has 1 aliphatic rings. The number of hydrogen-bond acceptors (Lipinski definition) is 5. The van der Waals surface area contributed by atoms with E-state index in [1.54, 1.807) is 13.2 Å². The summed E-state index contributed by atoms with van der Waals surface area (Å²) in [6.07, 6.45) is 1.72. The monoisotopic (exact) mass is 383 g/mol. The van der Waals surface area contributed by atoms with Gasteiger partial charge >= 0.3 is 0 Å². The lowest BCUT2D eigenvalue weighted by atomic mass is 10.1. The van der Waals surface area contributed by atoms with Gasteiger partial charge < -0.3 is 9.47 Å². The normalized spacial score (nSPS) is 15.5. The van der Waals surface area contributed by atoms with E-state index >= 15 is 0 Å². The number of thioether (sulfide) groups is 1. The number of rotatable bonds is 6. The van der Waals surface area contributed by atoms with Crippen LogP contribution in [0.5, 0.6) is 11.5 Å². The Kier molecular flexibility index (Phi) is 5.86. The lowest BCUT2D eigenvalue weighted by molar-refractivity contribution is -0.123. The molecule has 0 unspecified atom stereocenters. The molecule has 2 aromatic carbocycles. The lowest BCUT2D eigenvalue weighted by Gasteiger charge is -2.14. The van der Waals surface area contributed by atoms with Crippen molar-refractivity contribution in [3.63, 3.8) is 0 Å². The van der Waals surface area contributed by atoms with Gasteiger partial charge in [-0.1, -0.05) is 24.3 Å². The van der Waals surface area contributed by atoms with E-state index in [1.807, 2.05) is 56.3 Å². The number of methoxy groups -OCH3 is 1. The zero-order chi connectivity index (χ0) is 19.4. The second-order valence-electron chi connectivity index (χ2n) is 6.22. The van der Waals surface area contributed by atoms with Gasteiger partial charge in [-0.25, -0.2) is 0 Å². The summed E-state index contributed by atoms with van der Waals surface area (Å²) in [5.74, 6) is 1.23. The molecule has 0 radical (unpaired) electrons. The summed E-state index contributed by atoms with van der Waals surface area (Å²) in [7, 11) is 1.60. The van der Waals surface area contributed by atoms with Crippen molar-refractivity contribution < 1.29 is 19.1 Å². The Morgan fingerprint density at radius 3 is 2.52 bits per heavy atom. The first-order chi connectivity index (χ1) is 13.0. The maximum absolute atomic E-state index is 12.5. The molecule has 2 amide bonds. The maximum atomic E-state index is 12.5. The van der Waals surface area contributed by atoms with E-state index in [9.17, 15) is 9.59 Å². The molecule has 0 atom stereocenters. The SMILES string of the molecule is COc1ccc(/C=C2\SC(=O)N(CCOc3cc(C)ccc3C)C2=O)cc1. The zero-order valence-corrected chi connectivity index (χ0v) is 16.3. The standard InChI is InChI=1S/C21H21NO4S/c1-14-4-5-15(2)18(12-14)26-11-10-22-20(23)19(27-21(22)24)13-16-6-8-17(25-3)9-7-16/h4-9,12-13H,10-11H2,1-3H3/b19-13-. The van der Waals surface area contributed by atoms with Gasteiger partial charge in [0.2, 0.25) is 0 Å². The number of carbonyl (C=O) groups excluding carboxylic acids is 2. The van der Waals surface area contributed by atoms with Crippen molar-refractivity contribution in [2.45, 2.75) is 13.8 Å². The molecule has 0 saturated carbocycles. The number of hydrogen-bond donors (Lipinski definition) is 0. The molecule has 0 aliphatic carbocycles. The van der Waals surface area contributed by atoms with E-state index in [4.69, 9.17) is 9.47 Å². The van der Waals surface area contributed by atoms with Crippen molar-refractivity contribution in [1.82, 2.24) is 4.90 Å². The summed E-state index contributed by atoms with van der Waals surface area (Å²) >= 11 is 0.950. The number of amides is 2. The van der Waals surface area contributed by atoms with Crippen LogP contribution in [0.3, 0.4) is 0 Å². The van der Waals surface area contributed by atoms with Gasteiger partial charge in [0, 0.05) is 0 Å². The molecule has 1 heterocycles. The van der Waals surface area contributed by atoms with E-state index in [1.165, 1.54) is 4.90 Å². The third kappa shape index (κ3) is 4.52. The molecule has 1 saturated heterocycles. The van der Waals surface area contributed by atoms with E-state index in [-0.39, 0.29) is 24.3 Å². The van der Waals surface area contributed by atoms with Crippen molar-refractivity contribution >= 4 is 29.0 Å². The number of nitrogens with zero attached hydrogens (tertiary/aromatic N) is 1. The molecule has 0 aromatic heterocycles. The van der Waals surface area contributed by atoms with Gasteiger partial charge in [0.1, 0.15) is 18.1 Å². The second kappa shape index (κ2) is 8.31. The highest BCUT2D eigenvalue weighted by molar-refractivity contribution is 8.18. The van der Waals surface area contributed by atoms with Gasteiger partial charge in [-0.2, -0.15) is 0 Å². The van der Waals surface area contributed by atoms with Gasteiger partial charge in [0.25, 0.3) is 11.1 Å². The minimum absolute atomic E-state index is 0.220. The maximum Gasteiger partial charge on any atom is 0.293 e.